The fourth-order valence-electron chi connectivity index (χ4n) is 3.09. The summed E-state index contributed by atoms with van der Waals surface area (Å²) in [5.41, 5.74) is 8.75. The molecule has 2 aromatic rings. The quantitative estimate of drug-likeness (QED) is 0.316. The van der Waals surface area contributed by atoms with E-state index in [-0.39, 0.29) is 6.61 Å². The molecule has 0 bridgehead atoms. The largest absolute Gasteiger partial charge is 0.493 e. The van der Waals surface area contributed by atoms with Crippen LogP contribution in [0.3, 0.4) is 0 Å². The van der Waals surface area contributed by atoms with Gasteiger partial charge >= 0.3 is 0 Å². The standard InChI is InChI=1S/C23H25N3O5/c1-23(2,24)20(22(28)26-29)25-21(27)16-6-8-18(9-7-16)30-12-3-4-15-5-10-19-17(14-15)11-13-31-19/h5-10,14,20,29H,11-13,24H2,1-2H3,(H,25,27)(H,26,28)/t20-/m1/s1. The van der Waals surface area contributed by atoms with Crippen LogP contribution in [-0.4, -0.2) is 41.8 Å². The van der Waals surface area contributed by atoms with Crippen LogP contribution in [0.4, 0.5) is 0 Å². The number of amides is 2. The van der Waals surface area contributed by atoms with Crippen molar-refractivity contribution >= 4 is 11.8 Å². The molecule has 31 heavy (non-hydrogen) atoms. The van der Waals surface area contributed by atoms with Gasteiger partial charge in [-0.15, -0.1) is 0 Å². The molecule has 3 rings (SSSR count). The van der Waals surface area contributed by atoms with E-state index in [0.717, 1.165) is 17.7 Å². The van der Waals surface area contributed by atoms with Crippen LogP contribution in [-0.2, 0) is 11.2 Å². The van der Waals surface area contributed by atoms with Crippen molar-refractivity contribution in [3.8, 4) is 23.3 Å². The molecule has 1 aliphatic rings. The van der Waals surface area contributed by atoms with Crippen LogP contribution in [0.25, 0.3) is 0 Å². The first kappa shape index (κ1) is 22.2. The van der Waals surface area contributed by atoms with Crippen molar-refractivity contribution in [1.82, 2.24) is 10.8 Å². The van der Waals surface area contributed by atoms with E-state index in [0.29, 0.717) is 17.9 Å². The van der Waals surface area contributed by atoms with E-state index in [1.54, 1.807) is 38.1 Å². The Bertz CT molecular complexity index is 1020. The molecule has 0 aliphatic carbocycles. The number of nitrogens with two attached hydrogens (primary N) is 1. The fourth-order valence-corrected chi connectivity index (χ4v) is 3.09. The van der Waals surface area contributed by atoms with Crippen molar-refractivity contribution in [2.45, 2.75) is 31.8 Å². The molecule has 1 heterocycles. The van der Waals surface area contributed by atoms with E-state index in [4.69, 9.17) is 20.4 Å². The zero-order valence-corrected chi connectivity index (χ0v) is 17.4. The van der Waals surface area contributed by atoms with Crippen LogP contribution in [0.1, 0.15) is 35.3 Å². The Hall–Kier alpha value is -3.54. The predicted molar refractivity (Wildman–Crippen MR) is 114 cm³/mol. The zero-order chi connectivity index (χ0) is 22.4. The van der Waals surface area contributed by atoms with Gasteiger partial charge in [0.15, 0.2) is 0 Å². The zero-order valence-electron chi connectivity index (χ0n) is 17.4. The first-order valence-corrected chi connectivity index (χ1v) is 9.79. The highest BCUT2D eigenvalue weighted by atomic mass is 16.5. The summed E-state index contributed by atoms with van der Waals surface area (Å²) in [6, 6.07) is 11.2. The molecule has 1 atom stereocenters. The van der Waals surface area contributed by atoms with E-state index >= 15 is 0 Å². The van der Waals surface area contributed by atoms with Gasteiger partial charge in [-0.1, -0.05) is 11.8 Å². The molecule has 0 saturated heterocycles. The number of hydroxylamine groups is 1. The summed E-state index contributed by atoms with van der Waals surface area (Å²) in [5, 5.41) is 11.4. The Labute approximate surface area is 180 Å². The van der Waals surface area contributed by atoms with Gasteiger partial charge in [-0.2, -0.15) is 0 Å². The van der Waals surface area contributed by atoms with Gasteiger partial charge in [-0.25, -0.2) is 5.48 Å². The molecule has 0 unspecified atom stereocenters. The maximum atomic E-state index is 12.4. The van der Waals surface area contributed by atoms with Crippen LogP contribution < -0.4 is 26.0 Å². The molecule has 8 nitrogen and oxygen atoms in total. The molecule has 1 aliphatic heterocycles. The number of ether oxygens (including phenoxy) is 2. The minimum Gasteiger partial charge on any atom is -0.493 e. The topological polar surface area (TPSA) is 123 Å². The number of hydrogen-bond donors (Lipinski definition) is 4. The van der Waals surface area contributed by atoms with E-state index < -0.39 is 23.4 Å². The normalized spacial score (nSPS) is 13.2. The lowest BCUT2D eigenvalue weighted by atomic mass is 9.95. The van der Waals surface area contributed by atoms with Gasteiger partial charge in [-0.3, -0.25) is 14.8 Å². The molecule has 0 saturated carbocycles. The van der Waals surface area contributed by atoms with Crippen LogP contribution >= 0.6 is 0 Å². The first-order chi connectivity index (χ1) is 14.8. The lowest BCUT2D eigenvalue weighted by molar-refractivity contribution is -0.132. The summed E-state index contributed by atoms with van der Waals surface area (Å²) >= 11 is 0. The minimum absolute atomic E-state index is 0.194. The highest BCUT2D eigenvalue weighted by molar-refractivity contribution is 5.97. The molecule has 0 spiro atoms. The van der Waals surface area contributed by atoms with E-state index in [2.05, 4.69) is 17.2 Å². The third kappa shape index (κ3) is 5.75. The summed E-state index contributed by atoms with van der Waals surface area (Å²) in [5.74, 6) is 6.20. The maximum absolute atomic E-state index is 12.4. The molecule has 0 radical (unpaired) electrons. The smallest absolute Gasteiger partial charge is 0.267 e. The number of benzene rings is 2. The Morgan fingerprint density at radius 1 is 1.26 bits per heavy atom. The average molecular weight is 423 g/mol. The molecular weight excluding hydrogens is 398 g/mol. The number of fused-ring (bicyclic) bond motifs is 1. The number of rotatable bonds is 6. The average Bonchev–Trinajstić information content (AvgIpc) is 3.22. The second-order valence-electron chi connectivity index (χ2n) is 7.74. The lowest BCUT2D eigenvalue weighted by Crippen LogP contribution is -2.61. The fraction of sp³-hybridized carbons (Fsp3) is 0.304. The molecular formula is C23H25N3O5. The van der Waals surface area contributed by atoms with Gasteiger partial charge < -0.3 is 20.5 Å². The van der Waals surface area contributed by atoms with Crippen molar-refractivity contribution in [2.24, 2.45) is 5.73 Å². The van der Waals surface area contributed by atoms with Gasteiger partial charge in [0, 0.05) is 23.1 Å². The maximum Gasteiger partial charge on any atom is 0.267 e. The summed E-state index contributed by atoms with van der Waals surface area (Å²) in [4.78, 5) is 24.2. The highest BCUT2D eigenvalue weighted by Crippen LogP contribution is 2.25. The van der Waals surface area contributed by atoms with Crippen molar-refractivity contribution in [3.05, 3.63) is 59.2 Å². The molecule has 2 aromatic carbocycles. The summed E-state index contributed by atoms with van der Waals surface area (Å²) in [7, 11) is 0. The number of nitrogens with one attached hydrogen (secondary N) is 2. The van der Waals surface area contributed by atoms with Gasteiger partial charge in [0.25, 0.3) is 11.8 Å². The van der Waals surface area contributed by atoms with Crippen molar-refractivity contribution in [1.29, 1.82) is 0 Å². The van der Waals surface area contributed by atoms with Crippen molar-refractivity contribution in [2.75, 3.05) is 13.2 Å². The molecule has 5 N–H and O–H groups in total. The van der Waals surface area contributed by atoms with Crippen LogP contribution in [0.2, 0.25) is 0 Å². The SMILES string of the molecule is CC(C)(N)[C@H](NC(=O)c1ccc(OCC#Cc2ccc3c(c2)CCO3)cc1)C(=O)NO. The van der Waals surface area contributed by atoms with Crippen LogP contribution in [0.5, 0.6) is 11.5 Å². The van der Waals surface area contributed by atoms with Gasteiger partial charge in [-0.05, 0) is 61.9 Å². The number of carbonyl (C=O) groups excluding carboxylic acids is 2. The third-order valence-electron chi connectivity index (χ3n) is 4.74. The second-order valence-corrected chi connectivity index (χ2v) is 7.74. The number of carbonyl (C=O) groups is 2. The first-order valence-electron chi connectivity index (χ1n) is 9.79. The van der Waals surface area contributed by atoms with Crippen molar-refractivity contribution in [3.63, 3.8) is 0 Å². The summed E-state index contributed by atoms with van der Waals surface area (Å²) in [6.45, 7) is 4.05. The highest BCUT2D eigenvalue weighted by Gasteiger charge is 2.33. The molecule has 0 fully saturated rings. The van der Waals surface area contributed by atoms with Crippen LogP contribution in [0.15, 0.2) is 42.5 Å². The molecule has 8 heteroatoms. The monoisotopic (exact) mass is 423 g/mol. The lowest BCUT2D eigenvalue weighted by Gasteiger charge is -2.29. The molecule has 0 aromatic heterocycles. The number of hydrogen-bond acceptors (Lipinski definition) is 6. The van der Waals surface area contributed by atoms with E-state index in [9.17, 15) is 9.59 Å². The minimum atomic E-state index is -1.11. The van der Waals surface area contributed by atoms with E-state index in [1.165, 1.54) is 11.0 Å². The molecule has 162 valence electrons. The molecule has 2 amide bonds. The van der Waals surface area contributed by atoms with Gasteiger partial charge in [0.1, 0.15) is 24.1 Å². The third-order valence-corrected chi connectivity index (χ3v) is 4.74. The van der Waals surface area contributed by atoms with Gasteiger partial charge in [0.05, 0.1) is 6.61 Å². The van der Waals surface area contributed by atoms with Crippen LogP contribution in [0, 0.1) is 11.8 Å². The Morgan fingerprint density at radius 2 is 2.00 bits per heavy atom. The second kappa shape index (κ2) is 9.51. The Morgan fingerprint density at radius 3 is 2.68 bits per heavy atom. The summed E-state index contributed by atoms with van der Waals surface area (Å²) < 4.78 is 11.1. The van der Waals surface area contributed by atoms with E-state index in [1.807, 2.05) is 18.2 Å². The summed E-state index contributed by atoms with van der Waals surface area (Å²) in [6.07, 6.45) is 0.898. The Kier molecular flexibility index (Phi) is 6.80. The predicted octanol–water partition coefficient (Wildman–Crippen LogP) is 1.39. The van der Waals surface area contributed by atoms with Crippen molar-refractivity contribution < 1.29 is 24.3 Å². The Balaban J connectivity index is 1.55. The van der Waals surface area contributed by atoms with Gasteiger partial charge in [0.2, 0.25) is 0 Å².